The van der Waals surface area contributed by atoms with Crippen molar-refractivity contribution < 1.29 is 0 Å². The predicted molar refractivity (Wildman–Crippen MR) is 55.3 cm³/mol. The summed E-state index contributed by atoms with van der Waals surface area (Å²) in [7, 11) is 0. The Morgan fingerprint density at radius 2 is 2.46 bits per heavy atom. The molecule has 0 aliphatic carbocycles. The summed E-state index contributed by atoms with van der Waals surface area (Å²) in [6.07, 6.45) is 2.97. The number of imidazole rings is 1. The maximum Gasteiger partial charge on any atom is 0.120 e. The lowest BCUT2D eigenvalue weighted by atomic mass is 10.3. The van der Waals surface area contributed by atoms with Crippen LogP contribution < -0.4 is 5.32 Å². The van der Waals surface area contributed by atoms with Gasteiger partial charge >= 0.3 is 0 Å². The Morgan fingerprint density at radius 1 is 1.69 bits per heavy atom. The van der Waals surface area contributed by atoms with E-state index in [1.54, 1.807) is 0 Å². The van der Waals surface area contributed by atoms with E-state index in [0.717, 1.165) is 36.6 Å². The second-order valence-electron chi connectivity index (χ2n) is 3.20. The van der Waals surface area contributed by atoms with E-state index in [4.69, 9.17) is 0 Å². The highest BCUT2D eigenvalue weighted by Gasteiger charge is 1.99. The van der Waals surface area contributed by atoms with Crippen LogP contribution in [0.5, 0.6) is 0 Å². The summed E-state index contributed by atoms with van der Waals surface area (Å²) < 4.78 is 0. The number of rotatable bonds is 5. The predicted octanol–water partition coefficient (Wildman–Crippen LogP) is 1.94. The Kier molecular flexibility index (Phi) is 3.71. The maximum absolute atomic E-state index is 4.23. The Balaban J connectivity index is 2.44. The zero-order valence-electron chi connectivity index (χ0n) is 8.35. The smallest absolute Gasteiger partial charge is 0.120 e. The fourth-order valence-electron chi connectivity index (χ4n) is 1.05. The lowest BCUT2D eigenvalue weighted by Gasteiger charge is -1.98. The molecule has 0 amide bonds. The minimum atomic E-state index is 0.807. The summed E-state index contributed by atoms with van der Waals surface area (Å²) in [6, 6.07) is 0. The quantitative estimate of drug-likeness (QED) is 0.678. The molecule has 1 rings (SSSR count). The molecule has 0 fully saturated rings. The van der Waals surface area contributed by atoms with Crippen molar-refractivity contribution in [2.24, 2.45) is 0 Å². The van der Waals surface area contributed by atoms with E-state index >= 15 is 0 Å². The third-order valence-corrected chi connectivity index (χ3v) is 1.81. The largest absolute Gasteiger partial charge is 0.341 e. The normalized spacial score (nSPS) is 10.3. The second-order valence-corrected chi connectivity index (χ2v) is 3.20. The molecule has 72 valence electrons. The number of H-pyrrole nitrogens is 1. The van der Waals surface area contributed by atoms with Gasteiger partial charge in [0, 0.05) is 0 Å². The van der Waals surface area contributed by atoms with Crippen molar-refractivity contribution in [3.63, 3.8) is 0 Å². The van der Waals surface area contributed by atoms with Crippen LogP contribution in [-0.4, -0.2) is 16.5 Å². The Labute approximate surface area is 79.3 Å². The van der Waals surface area contributed by atoms with Gasteiger partial charge in [-0.2, -0.15) is 0 Å². The van der Waals surface area contributed by atoms with E-state index in [0.29, 0.717) is 0 Å². The number of hydrogen-bond acceptors (Lipinski definition) is 2. The molecule has 1 heterocycles. The summed E-state index contributed by atoms with van der Waals surface area (Å²) >= 11 is 0. The highest BCUT2D eigenvalue weighted by Crippen LogP contribution is 2.07. The number of nitrogens with one attached hydrogen (secondary N) is 2. The van der Waals surface area contributed by atoms with Crippen molar-refractivity contribution in [3.8, 4) is 0 Å². The molecule has 0 atom stereocenters. The fourth-order valence-corrected chi connectivity index (χ4v) is 1.05. The van der Waals surface area contributed by atoms with Crippen LogP contribution in [0.4, 0.5) is 0 Å². The van der Waals surface area contributed by atoms with E-state index in [1.807, 2.05) is 13.1 Å². The molecule has 0 bridgehead atoms. The molecular formula is C10H17N3. The lowest BCUT2D eigenvalue weighted by Crippen LogP contribution is -2.14. The molecule has 0 aliphatic rings. The third-order valence-electron chi connectivity index (χ3n) is 1.81. The third kappa shape index (κ3) is 3.03. The van der Waals surface area contributed by atoms with Crippen LogP contribution in [0, 0.1) is 0 Å². The molecule has 0 saturated carbocycles. The van der Waals surface area contributed by atoms with Crippen LogP contribution in [0.25, 0.3) is 5.57 Å². The molecule has 0 radical (unpaired) electrons. The topological polar surface area (TPSA) is 40.7 Å². The van der Waals surface area contributed by atoms with Crippen molar-refractivity contribution in [2.45, 2.75) is 26.8 Å². The van der Waals surface area contributed by atoms with Crippen LogP contribution in [-0.2, 0) is 6.54 Å². The summed E-state index contributed by atoms with van der Waals surface area (Å²) in [5, 5.41) is 3.28. The maximum atomic E-state index is 4.23. The Bertz CT molecular complexity index is 275. The van der Waals surface area contributed by atoms with Crippen molar-refractivity contribution in [2.75, 3.05) is 6.54 Å². The van der Waals surface area contributed by atoms with Gasteiger partial charge in [0.25, 0.3) is 0 Å². The molecular weight excluding hydrogens is 162 g/mol. The van der Waals surface area contributed by atoms with Gasteiger partial charge in [0.05, 0.1) is 18.4 Å². The second kappa shape index (κ2) is 4.82. The van der Waals surface area contributed by atoms with Gasteiger partial charge in [0.15, 0.2) is 0 Å². The SMILES string of the molecule is C=C(C)c1cnc(CNCCC)[nH]1. The van der Waals surface area contributed by atoms with Crippen LogP contribution in [0.15, 0.2) is 12.8 Å². The molecule has 3 heteroatoms. The van der Waals surface area contributed by atoms with Crippen LogP contribution in [0.3, 0.4) is 0 Å². The van der Waals surface area contributed by atoms with Gasteiger partial charge < -0.3 is 10.3 Å². The Morgan fingerprint density at radius 3 is 3.00 bits per heavy atom. The number of allylic oxidation sites excluding steroid dienone is 1. The fraction of sp³-hybridized carbons (Fsp3) is 0.500. The van der Waals surface area contributed by atoms with Crippen LogP contribution in [0.1, 0.15) is 31.8 Å². The zero-order valence-corrected chi connectivity index (χ0v) is 8.35. The number of aromatic amines is 1. The molecule has 13 heavy (non-hydrogen) atoms. The summed E-state index contributed by atoms with van der Waals surface area (Å²) in [4.78, 5) is 7.43. The molecule has 0 spiro atoms. The average molecular weight is 179 g/mol. The van der Waals surface area contributed by atoms with E-state index < -0.39 is 0 Å². The van der Waals surface area contributed by atoms with Crippen molar-refractivity contribution in [3.05, 3.63) is 24.3 Å². The summed E-state index contributed by atoms with van der Waals surface area (Å²) in [5.41, 5.74) is 2.04. The van der Waals surface area contributed by atoms with Crippen LogP contribution >= 0.6 is 0 Å². The van der Waals surface area contributed by atoms with Gasteiger partial charge in [-0.25, -0.2) is 4.98 Å². The summed E-state index contributed by atoms with van der Waals surface area (Å²) in [6.45, 7) is 9.80. The molecule has 0 unspecified atom stereocenters. The number of nitrogens with zero attached hydrogens (tertiary/aromatic N) is 1. The molecule has 1 aromatic rings. The van der Waals surface area contributed by atoms with Crippen molar-refractivity contribution in [1.29, 1.82) is 0 Å². The zero-order chi connectivity index (χ0) is 9.68. The van der Waals surface area contributed by atoms with E-state index in [1.165, 1.54) is 0 Å². The first-order valence-electron chi connectivity index (χ1n) is 4.64. The monoisotopic (exact) mass is 179 g/mol. The molecule has 0 saturated heterocycles. The Hall–Kier alpha value is -1.09. The highest BCUT2D eigenvalue weighted by molar-refractivity contribution is 5.56. The van der Waals surface area contributed by atoms with Crippen molar-refractivity contribution >= 4 is 5.57 Å². The molecule has 0 aromatic carbocycles. The van der Waals surface area contributed by atoms with E-state index in [-0.39, 0.29) is 0 Å². The van der Waals surface area contributed by atoms with E-state index in [2.05, 4.69) is 28.8 Å². The van der Waals surface area contributed by atoms with Gasteiger partial charge in [0.2, 0.25) is 0 Å². The first-order valence-corrected chi connectivity index (χ1v) is 4.64. The number of aromatic nitrogens is 2. The van der Waals surface area contributed by atoms with Gasteiger partial charge in [0.1, 0.15) is 5.82 Å². The van der Waals surface area contributed by atoms with Gasteiger partial charge in [-0.15, -0.1) is 0 Å². The molecule has 0 aliphatic heterocycles. The minimum Gasteiger partial charge on any atom is -0.341 e. The van der Waals surface area contributed by atoms with E-state index in [9.17, 15) is 0 Å². The molecule has 1 aromatic heterocycles. The lowest BCUT2D eigenvalue weighted by molar-refractivity contribution is 0.655. The van der Waals surface area contributed by atoms with Crippen LogP contribution in [0.2, 0.25) is 0 Å². The standard InChI is InChI=1S/C10H17N3/c1-4-5-11-7-10-12-6-9(13-10)8(2)3/h6,11H,2,4-5,7H2,1,3H3,(H,12,13). The highest BCUT2D eigenvalue weighted by atomic mass is 15.0. The average Bonchev–Trinajstić information content (AvgIpc) is 2.53. The molecule has 2 N–H and O–H groups in total. The van der Waals surface area contributed by atoms with Gasteiger partial charge in [-0.05, 0) is 25.5 Å². The van der Waals surface area contributed by atoms with Gasteiger partial charge in [-0.1, -0.05) is 13.5 Å². The molecule has 3 nitrogen and oxygen atoms in total. The minimum absolute atomic E-state index is 0.807. The van der Waals surface area contributed by atoms with Crippen molar-refractivity contribution in [1.82, 2.24) is 15.3 Å². The van der Waals surface area contributed by atoms with Gasteiger partial charge in [-0.3, -0.25) is 0 Å². The first kappa shape index (κ1) is 9.99. The first-order chi connectivity index (χ1) is 6.24. The summed E-state index contributed by atoms with van der Waals surface area (Å²) in [5.74, 6) is 0.978. The number of hydrogen-bond donors (Lipinski definition) is 2.